The first-order valence-corrected chi connectivity index (χ1v) is 24.2. The molecule has 0 spiro atoms. The Kier molecular flexibility index (Phi) is 39.4. The summed E-state index contributed by atoms with van der Waals surface area (Å²) in [5, 5.41) is 0. The molecule has 0 heterocycles. The van der Waals surface area contributed by atoms with Crippen molar-refractivity contribution in [1.82, 2.24) is 0 Å². The Hall–Kier alpha value is 0.110. The molecule has 296 valence electrons. The maximum Gasteiger partial charge on any atom is 0.472 e. The first-order valence-electron chi connectivity index (χ1n) is 22.7. The Labute approximate surface area is 309 Å². The van der Waals surface area contributed by atoms with Crippen LogP contribution >= 0.6 is 7.82 Å². The molecule has 0 aliphatic heterocycles. The molecule has 5 heteroatoms. The van der Waals surface area contributed by atoms with E-state index in [1.807, 2.05) is 0 Å². The molecule has 0 fully saturated rings. The first kappa shape index (κ1) is 49.1. The van der Waals surface area contributed by atoms with E-state index in [2.05, 4.69) is 27.7 Å². The number of hydrogen-bond donors (Lipinski definition) is 1. The van der Waals surface area contributed by atoms with Crippen molar-refractivity contribution in [1.29, 1.82) is 0 Å². The Morgan fingerprint density at radius 1 is 0.327 bits per heavy atom. The molecule has 0 saturated heterocycles. The average Bonchev–Trinajstić information content (AvgIpc) is 3.08. The van der Waals surface area contributed by atoms with E-state index < -0.39 is 7.82 Å². The normalized spacial score (nSPS) is 14.3. The molecule has 0 rings (SSSR count). The van der Waals surface area contributed by atoms with E-state index in [-0.39, 0.29) is 12.2 Å². The van der Waals surface area contributed by atoms with Crippen molar-refractivity contribution in [2.24, 2.45) is 0 Å². The molecule has 0 amide bonds. The molecule has 2 unspecified atom stereocenters. The summed E-state index contributed by atoms with van der Waals surface area (Å²) in [4.78, 5) is 11.0. The Morgan fingerprint density at radius 2 is 0.490 bits per heavy atom. The third-order valence-electron chi connectivity index (χ3n) is 10.6. The highest BCUT2D eigenvalue weighted by Crippen LogP contribution is 2.48. The van der Waals surface area contributed by atoms with Crippen LogP contribution in [0.3, 0.4) is 0 Å². The van der Waals surface area contributed by atoms with E-state index in [4.69, 9.17) is 9.05 Å². The summed E-state index contributed by atoms with van der Waals surface area (Å²) in [6.07, 6.45) is 47.2. The summed E-state index contributed by atoms with van der Waals surface area (Å²) >= 11 is 0. The van der Waals surface area contributed by atoms with Crippen LogP contribution in [0.5, 0.6) is 0 Å². The predicted octanol–water partition coefficient (Wildman–Crippen LogP) is 16.8. The van der Waals surface area contributed by atoms with E-state index in [1.165, 1.54) is 193 Å². The number of phosphoric ester groups is 1. The van der Waals surface area contributed by atoms with E-state index in [9.17, 15) is 9.46 Å². The van der Waals surface area contributed by atoms with Crippen molar-refractivity contribution in [2.45, 2.75) is 284 Å². The Balaban J connectivity index is 4.51. The van der Waals surface area contributed by atoms with Crippen LogP contribution in [0.4, 0.5) is 0 Å². The highest BCUT2D eigenvalue weighted by Gasteiger charge is 2.30. The van der Waals surface area contributed by atoms with Crippen LogP contribution in [-0.4, -0.2) is 17.1 Å². The highest BCUT2D eigenvalue weighted by atomic mass is 31.2. The van der Waals surface area contributed by atoms with Crippen molar-refractivity contribution in [3.8, 4) is 0 Å². The maximum absolute atomic E-state index is 13.4. The Morgan fingerprint density at radius 3 is 0.694 bits per heavy atom. The quantitative estimate of drug-likeness (QED) is 0.0505. The second-order valence-electron chi connectivity index (χ2n) is 15.7. The molecule has 0 aromatic rings. The monoisotopic (exact) mass is 715 g/mol. The molecule has 0 bridgehead atoms. The van der Waals surface area contributed by atoms with Crippen molar-refractivity contribution < 1.29 is 18.5 Å². The van der Waals surface area contributed by atoms with Gasteiger partial charge in [0.2, 0.25) is 0 Å². The third-order valence-corrected chi connectivity index (χ3v) is 11.7. The topological polar surface area (TPSA) is 55.8 Å². The minimum absolute atomic E-state index is 0.169. The van der Waals surface area contributed by atoms with Gasteiger partial charge in [-0.3, -0.25) is 9.05 Å². The molecular formula is C44H91O4P. The number of unbranched alkanes of at least 4 members (excludes halogenated alkanes) is 30. The van der Waals surface area contributed by atoms with Gasteiger partial charge in [0.05, 0.1) is 12.2 Å². The molecule has 4 nitrogen and oxygen atoms in total. The minimum Gasteiger partial charge on any atom is -0.302 e. The summed E-state index contributed by atoms with van der Waals surface area (Å²) in [6, 6.07) is 0. The van der Waals surface area contributed by atoms with Gasteiger partial charge in [0, 0.05) is 0 Å². The summed E-state index contributed by atoms with van der Waals surface area (Å²) in [5.74, 6) is 0. The van der Waals surface area contributed by atoms with Gasteiger partial charge in [-0.2, -0.15) is 0 Å². The highest BCUT2D eigenvalue weighted by molar-refractivity contribution is 7.47. The van der Waals surface area contributed by atoms with Crippen molar-refractivity contribution in [3.05, 3.63) is 0 Å². The summed E-state index contributed by atoms with van der Waals surface area (Å²) in [5.41, 5.74) is 0. The zero-order valence-electron chi connectivity index (χ0n) is 34.1. The summed E-state index contributed by atoms with van der Waals surface area (Å²) in [6.45, 7) is 9.03. The fourth-order valence-electron chi connectivity index (χ4n) is 7.28. The van der Waals surface area contributed by atoms with E-state index in [0.717, 1.165) is 51.4 Å². The second-order valence-corrected chi connectivity index (χ2v) is 17.0. The molecule has 0 aliphatic carbocycles. The molecule has 0 aliphatic rings. The van der Waals surface area contributed by atoms with Crippen LogP contribution in [0.2, 0.25) is 0 Å². The van der Waals surface area contributed by atoms with Crippen molar-refractivity contribution >= 4 is 7.82 Å². The fraction of sp³-hybridized carbons (Fsp3) is 1.00. The van der Waals surface area contributed by atoms with Gasteiger partial charge in [0.25, 0.3) is 0 Å². The molecule has 0 aromatic carbocycles. The fourth-order valence-corrected chi connectivity index (χ4v) is 8.50. The molecule has 1 N–H and O–H groups in total. The molecule has 0 aromatic heterocycles. The molecule has 0 radical (unpaired) electrons. The van der Waals surface area contributed by atoms with Gasteiger partial charge >= 0.3 is 7.82 Å². The molecule has 49 heavy (non-hydrogen) atoms. The van der Waals surface area contributed by atoms with E-state index in [1.54, 1.807) is 0 Å². The van der Waals surface area contributed by atoms with E-state index in [0.29, 0.717) is 0 Å². The van der Waals surface area contributed by atoms with Gasteiger partial charge in [-0.1, -0.05) is 246 Å². The van der Waals surface area contributed by atoms with E-state index >= 15 is 0 Å². The largest absolute Gasteiger partial charge is 0.472 e. The molecule has 2 atom stereocenters. The van der Waals surface area contributed by atoms with Crippen LogP contribution in [-0.2, 0) is 13.6 Å². The van der Waals surface area contributed by atoms with Gasteiger partial charge in [0.15, 0.2) is 0 Å². The van der Waals surface area contributed by atoms with Crippen molar-refractivity contribution in [3.63, 3.8) is 0 Å². The smallest absolute Gasteiger partial charge is 0.302 e. The first-order chi connectivity index (χ1) is 24.0. The SMILES string of the molecule is CCCCCCCCCCCCCCCC(CCCCCC)OP(=O)(O)OC(CCCCCC)CCCCCCCCCCCCCCC. The lowest BCUT2D eigenvalue weighted by molar-refractivity contribution is 0.0575. The zero-order valence-corrected chi connectivity index (χ0v) is 35.0. The summed E-state index contributed by atoms with van der Waals surface area (Å²) in [7, 11) is -4.09. The second kappa shape index (κ2) is 39.3. The molecule has 0 saturated carbocycles. The number of hydrogen-bond acceptors (Lipinski definition) is 3. The third kappa shape index (κ3) is 37.7. The lowest BCUT2D eigenvalue weighted by atomic mass is 10.0. The van der Waals surface area contributed by atoms with Gasteiger partial charge in [-0.15, -0.1) is 0 Å². The zero-order chi connectivity index (χ0) is 35.9. The lowest BCUT2D eigenvalue weighted by Gasteiger charge is -2.25. The lowest BCUT2D eigenvalue weighted by Crippen LogP contribution is -2.17. The van der Waals surface area contributed by atoms with Crippen LogP contribution in [0, 0.1) is 0 Å². The van der Waals surface area contributed by atoms with Crippen LogP contribution in [0.15, 0.2) is 0 Å². The van der Waals surface area contributed by atoms with Gasteiger partial charge < -0.3 is 4.89 Å². The maximum atomic E-state index is 13.4. The number of rotatable bonds is 42. The summed E-state index contributed by atoms with van der Waals surface area (Å²) < 4.78 is 25.4. The Bertz CT molecular complexity index is 619. The van der Waals surface area contributed by atoms with Gasteiger partial charge in [-0.05, 0) is 25.7 Å². The predicted molar refractivity (Wildman–Crippen MR) is 218 cm³/mol. The number of phosphoric acid groups is 1. The van der Waals surface area contributed by atoms with Crippen molar-refractivity contribution in [2.75, 3.05) is 0 Å². The standard InChI is InChI=1S/C44H91O4P/c1-5-9-13-17-19-21-23-25-27-29-31-33-37-41-43(39-35-15-11-7-3)47-49(45,46)48-44(40-36-16-12-8-4)42-38-34-32-30-28-26-24-22-20-18-14-10-6-2/h43-44H,5-42H2,1-4H3,(H,45,46). The van der Waals surface area contributed by atoms with Gasteiger partial charge in [-0.25, -0.2) is 4.57 Å². The van der Waals surface area contributed by atoms with Crippen LogP contribution in [0.25, 0.3) is 0 Å². The average molecular weight is 715 g/mol. The van der Waals surface area contributed by atoms with Crippen LogP contribution in [0.1, 0.15) is 272 Å². The minimum atomic E-state index is -4.09. The molecular weight excluding hydrogens is 623 g/mol. The van der Waals surface area contributed by atoms with Gasteiger partial charge in [0.1, 0.15) is 0 Å². The van der Waals surface area contributed by atoms with Crippen LogP contribution < -0.4 is 0 Å².